The molecule has 7 heteroatoms. The molecule has 0 saturated carbocycles. The van der Waals surface area contributed by atoms with E-state index in [0.29, 0.717) is 15.6 Å². The lowest BCUT2D eigenvalue weighted by Gasteiger charge is -2.08. The van der Waals surface area contributed by atoms with Gasteiger partial charge in [0.2, 0.25) is 0 Å². The summed E-state index contributed by atoms with van der Waals surface area (Å²) < 4.78 is 2.08. The summed E-state index contributed by atoms with van der Waals surface area (Å²) in [6.07, 6.45) is 3.74. The number of carbonyl (C=O) groups is 1. The summed E-state index contributed by atoms with van der Waals surface area (Å²) in [5, 5.41) is 4.38. The number of aryl methyl sites for hydroxylation is 2. The van der Waals surface area contributed by atoms with E-state index >= 15 is 0 Å². The van der Waals surface area contributed by atoms with Crippen molar-refractivity contribution in [3.8, 4) is 10.6 Å². The first kappa shape index (κ1) is 19.4. The lowest BCUT2D eigenvalue weighted by molar-refractivity contribution is 0.103. The Morgan fingerprint density at radius 3 is 2.66 bits per heavy atom. The van der Waals surface area contributed by atoms with Crippen molar-refractivity contribution in [3.05, 3.63) is 87.9 Å². The van der Waals surface area contributed by atoms with Crippen LogP contribution in [0.3, 0.4) is 0 Å². The van der Waals surface area contributed by atoms with E-state index in [4.69, 9.17) is 11.6 Å². The summed E-state index contributed by atoms with van der Waals surface area (Å²) in [4.78, 5) is 22.1. The lowest BCUT2D eigenvalue weighted by atomic mass is 10.2. The Kier molecular flexibility index (Phi) is 5.47. The van der Waals surface area contributed by atoms with Crippen molar-refractivity contribution in [2.75, 3.05) is 5.32 Å². The maximum absolute atomic E-state index is 12.8. The van der Waals surface area contributed by atoms with Crippen molar-refractivity contribution in [2.24, 2.45) is 0 Å². The van der Waals surface area contributed by atoms with Crippen LogP contribution in [0.15, 0.2) is 60.9 Å². The Morgan fingerprint density at radius 2 is 1.97 bits per heavy atom. The monoisotopic (exact) mass is 422 g/mol. The number of nitrogens with one attached hydrogen (secondary N) is 1. The van der Waals surface area contributed by atoms with Gasteiger partial charge < -0.3 is 9.88 Å². The summed E-state index contributed by atoms with van der Waals surface area (Å²) in [5.74, 6) is 0.810. The molecule has 0 unspecified atom stereocenters. The first-order valence-corrected chi connectivity index (χ1v) is 10.3. The fourth-order valence-corrected chi connectivity index (χ4v) is 4.15. The van der Waals surface area contributed by atoms with Crippen molar-refractivity contribution in [1.82, 2.24) is 14.5 Å². The summed E-state index contributed by atoms with van der Waals surface area (Å²) in [5.41, 5.74) is 3.50. The normalized spacial score (nSPS) is 10.9. The molecule has 0 aliphatic heterocycles. The zero-order valence-corrected chi connectivity index (χ0v) is 17.6. The van der Waals surface area contributed by atoms with Crippen LogP contribution in [0.2, 0.25) is 5.02 Å². The van der Waals surface area contributed by atoms with E-state index in [1.807, 2.05) is 68.6 Å². The van der Waals surface area contributed by atoms with E-state index in [0.717, 1.165) is 34.2 Å². The van der Waals surface area contributed by atoms with E-state index in [1.165, 1.54) is 11.3 Å². The number of nitrogens with zero attached hydrogens (tertiary/aromatic N) is 3. The summed E-state index contributed by atoms with van der Waals surface area (Å²) in [7, 11) is 0. The first-order valence-electron chi connectivity index (χ1n) is 9.11. The molecule has 2 aromatic carbocycles. The second-order valence-corrected chi connectivity index (χ2v) is 8.13. The average molecular weight is 423 g/mol. The fraction of sp³-hybridized carbons (Fsp3) is 0.136. The number of hydrogen-bond donors (Lipinski definition) is 1. The van der Waals surface area contributed by atoms with E-state index < -0.39 is 0 Å². The van der Waals surface area contributed by atoms with Gasteiger partial charge in [-0.3, -0.25) is 4.79 Å². The molecule has 1 N–H and O–H groups in total. The smallest absolute Gasteiger partial charge is 0.267 e. The zero-order chi connectivity index (χ0) is 20.4. The topological polar surface area (TPSA) is 59.8 Å². The molecule has 0 aliphatic carbocycles. The number of halogens is 1. The number of hydrogen-bond acceptors (Lipinski definition) is 4. The minimum Gasteiger partial charge on any atom is -0.331 e. The molecular weight excluding hydrogens is 404 g/mol. The van der Waals surface area contributed by atoms with Crippen LogP contribution >= 0.6 is 22.9 Å². The number of anilines is 1. The van der Waals surface area contributed by atoms with Gasteiger partial charge in [0.1, 0.15) is 15.7 Å². The van der Waals surface area contributed by atoms with Gasteiger partial charge >= 0.3 is 0 Å². The van der Waals surface area contributed by atoms with Crippen LogP contribution in [0.25, 0.3) is 10.6 Å². The van der Waals surface area contributed by atoms with Gasteiger partial charge in [-0.15, -0.1) is 11.3 Å². The number of thiazole rings is 1. The van der Waals surface area contributed by atoms with Crippen LogP contribution in [0, 0.1) is 13.8 Å². The number of imidazole rings is 1. The molecule has 1 amide bonds. The lowest BCUT2D eigenvalue weighted by Crippen LogP contribution is -2.11. The Hall–Kier alpha value is -2.96. The van der Waals surface area contributed by atoms with E-state index in [2.05, 4.69) is 19.9 Å². The van der Waals surface area contributed by atoms with Crippen molar-refractivity contribution in [1.29, 1.82) is 0 Å². The minimum atomic E-state index is -0.161. The molecule has 0 fully saturated rings. The van der Waals surface area contributed by atoms with Gasteiger partial charge in [0.05, 0.1) is 5.69 Å². The number of benzene rings is 2. The Bertz CT molecular complexity index is 1160. The maximum atomic E-state index is 12.8. The average Bonchev–Trinajstić information content (AvgIpc) is 3.29. The molecule has 0 bridgehead atoms. The summed E-state index contributed by atoms with van der Waals surface area (Å²) in [6, 6.07) is 15.3. The number of amides is 1. The molecular formula is C22H19ClN4OS. The molecule has 0 aliphatic rings. The van der Waals surface area contributed by atoms with Crippen LogP contribution in [-0.4, -0.2) is 20.4 Å². The minimum absolute atomic E-state index is 0.161. The highest BCUT2D eigenvalue weighted by Crippen LogP contribution is 2.30. The summed E-state index contributed by atoms with van der Waals surface area (Å²) in [6.45, 7) is 4.57. The van der Waals surface area contributed by atoms with Crippen molar-refractivity contribution < 1.29 is 4.79 Å². The molecule has 2 heterocycles. The predicted molar refractivity (Wildman–Crippen MR) is 118 cm³/mol. The zero-order valence-electron chi connectivity index (χ0n) is 16.0. The number of aromatic nitrogens is 3. The van der Waals surface area contributed by atoms with Gasteiger partial charge in [-0.1, -0.05) is 35.9 Å². The standard InChI is InChI=1S/C22H19ClN4OS/c1-14-20(29-22(25-14)17-4-3-5-18(23)12-17)21(28)26-19-8-6-16(7-9-19)13-27-11-10-24-15(27)2/h3-12H,13H2,1-2H3,(H,26,28). The number of carbonyl (C=O) groups excluding carboxylic acids is 1. The highest BCUT2D eigenvalue weighted by atomic mass is 35.5. The molecule has 0 atom stereocenters. The van der Waals surface area contributed by atoms with Gasteiger partial charge in [-0.2, -0.15) is 0 Å². The van der Waals surface area contributed by atoms with Crippen molar-refractivity contribution in [2.45, 2.75) is 20.4 Å². The first-order chi connectivity index (χ1) is 14.0. The molecule has 0 radical (unpaired) electrons. The molecule has 4 rings (SSSR count). The SMILES string of the molecule is Cc1nc(-c2cccc(Cl)c2)sc1C(=O)Nc1ccc(Cn2ccnc2C)cc1. The maximum Gasteiger partial charge on any atom is 0.267 e. The van der Waals surface area contributed by atoms with Crippen molar-refractivity contribution in [3.63, 3.8) is 0 Å². The van der Waals surface area contributed by atoms with Crippen molar-refractivity contribution >= 4 is 34.5 Å². The Morgan fingerprint density at radius 1 is 1.17 bits per heavy atom. The van der Waals surface area contributed by atoms with Crippen LogP contribution in [0.5, 0.6) is 0 Å². The Balaban J connectivity index is 1.47. The molecule has 146 valence electrons. The summed E-state index contributed by atoms with van der Waals surface area (Å²) >= 11 is 7.43. The van der Waals surface area contributed by atoms with Gasteiger partial charge in [-0.25, -0.2) is 9.97 Å². The van der Waals surface area contributed by atoms with E-state index in [-0.39, 0.29) is 5.91 Å². The molecule has 4 aromatic rings. The molecule has 5 nitrogen and oxygen atoms in total. The second kappa shape index (κ2) is 8.19. The highest BCUT2D eigenvalue weighted by molar-refractivity contribution is 7.17. The van der Waals surface area contributed by atoms with Crippen LogP contribution in [0.1, 0.15) is 26.8 Å². The Labute approximate surface area is 178 Å². The highest BCUT2D eigenvalue weighted by Gasteiger charge is 2.16. The molecule has 0 spiro atoms. The quantitative estimate of drug-likeness (QED) is 0.456. The van der Waals surface area contributed by atoms with E-state index in [9.17, 15) is 4.79 Å². The van der Waals surface area contributed by atoms with Crippen LogP contribution in [0.4, 0.5) is 5.69 Å². The third-order valence-electron chi connectivity index (χ3n) is 4.56. The fourth-order valence-electron chi connectivity index (χ4n) is 3.00. The third-order valence-corrected chi connectivity index (χ3v) is 6.00. The second-order valence-electron chi connectivity index (χ2n) is 6.70. The van der Waals surface area contributed by atoms with Gasteiger partial charge in [-0.05, 0) is 43.7 Å². The van der Waals surface area contributed by atoms with Gasteiger partial charge in [0.15, 0.2) is 0 Å². The molecule has 29 heavy (non-hydrogen) atoms. The van der Waals surface area contributed by atoms with Gasteiger partial charge in [0.25, 0.3) is 5.91 Å². The predicted octanol–water partition coefficient (Wildman–Crippen LogP) is 5.58. The van der Waals surface area contributed by atoms with Crippen LogP contribution < -0.4 is 5.32 Å². The van der Waals surface area contributed by atoms with Crippen LogP contribution in [-0.2, 0) is 6.54 Å². The van der Waals surface area contributed by atoms with E-state index in [1.54, 1.807) is 6.20 Å². The largest absolute Gasteiger partial charge is 0.331 e. The third kappa shape index (κ3) is 4.39. The molecule has 2 aromatic heterocycles. The molecule has 0 saturated heterocycles. The van der Waals surface area contributed by atoms with Gasteiger partial charge in [0, 0.05) is 35.2 Å². The number of rotatable bonds is 5.